The second-order valence-electron chi connectivity index (χ2n) is 12.2. The van der Waals surface area contributed by atoms with E-state index >= 15 is 0 Å². The average molecular weight is 680 g/mol. The largest absolute Gasteiger partial charge is 0.445 e. The molecule has 0 unspecified atom stereocenters. The molecule has 0 aliphatic carbocycles. The smallest absolute Gasteiger partial charge is 0.408 e. The molecule has 13 nitrogen and oxygen atoms in total. The van der Waals surface area contributed by atoms with Crippen LogP contribution in [0.4, 0.5) is 4.79 Å². The third-order valence-electron chi connectivity index (χ3n) is 7.11. The molecule has 1 fully saturated rings. The van der Waals surface area contributed by atoms with Crippen LogP contribution in [-0.4, -0.2) is 89.7 Å². The van der Waals surface area contributed by atoms with Crippen molar-refractivity contribution in [2.24, 2.45) is 5.14 Å². The highest BCUT2D eigenvalue weighted by molar-refractivity contribution is 7.89. The average Bonchev–Trinajstić information content (AvgIpc) is 3.38. The van der Waals surface area contributed by atoms with Crippen LogP contribution < -0.4 is 21.1 Å². The third-order valence-corrected chi connectivity index (χ3v) is 8.23. The molecule has 1 saturated heterocycles. The Labute approximate surface area is 274 Å². The first-order chi connectivity index (χ1) is 21.5. The van der Waals surface area contributed by atoms with Gasteiger partial charge in [-0.3, -0.25) is 14.4 Å². The summed E-state index contributed by atoms with van der Waals surface area (Å²) in [6, 6.07) is 13.9. The zero-order valence-electron chi connectivity index (χ0n) is 26.0. The number of rotatable bonds is 13. The number of alkyl carbamates (subject to hydrolysis) is 1. The molecule has 3 rings (SSSR count). The Hall–Kier alpha value is -3.72. The molecule has 4 amide bonds. The molecule has 6 N–H and O–H groups in total. The van der Waals surface area contributed by atoms with Crippen LogP contribution in [0.3, 0.4) is 0 Å². The SMILES string of the molecule is CC(C)(C)NC(=O)[C@@H]1C[C@H](Cl)CN1C(=O)[C@@H](O)[C@H](Cc1ccccc1)NC(=O)[C@H](CCS(N)(=O)=O)NC(=O)OCc1ccccc1. The summed E-state index contributed by atoms with van der Waals surface area (Å²) in [7, 11) is -4.03. The summed E-state index contributed by atoms with van der Waals surface area (Å²) < 4.78 is 28.7. The fourth-order valence-corrected chi connectivity index (χ4v) is 5.80. The molecule has 0 saturated carbocycles. The lowest BCUT2D eigenvalue weighted by Crippen LogP contribution is -2.59. The summed E-state index contributed by atoms with van der Waals surface area (Å²) in [4.78, 5) is 54.1. The number of carbonyl (C=O) groups excluding carboxylic acids is 4. The van der Waals surface area contributed by atoms with Gasteiger partial charge in [0.1, 0.15) is 18.7 Å². The number of sulfonamides is 1. The number of benzene rings is 2. The Morgan fingerprint density at radius 3 is 2.17 bits per heavy atom. The molecule has 0 bridgehead atoms. The van der Waals surface area contributed by atoms with E-state index in [9.17, 15) is 32.7 Å². The predicted octanol–water partition coefficient (Wildman–Crippen LogP) is 1.17. The lowest BCUT2D eigenvalue weighted by molar-refractivity contribution is -0.147. The quantitative estimate of drug-likeness (QED) is 0.194. The van der Waals surface area contributed by atoms with Crippen LogP contribution in [0.15, 0.2) is 60.7 Å². The predicted molar refractivity (Wildman–Crippen MR) is 172 cm³/mol. The minimum absolute atomic E-state index is 0.00250. The highest BCUT2D eigenvalue weighted by atomic mass is 35.5. The molecular weight excluding hydrogens is 638 g/mol. The van der Waals surface area contributed by atoms with Gasteiger partial charge in [-0.25, -0.2) is 18.4 Å². The van der Waals surface area contributed by atoms with Crippen LogP contribution in [0, 0.1) is 0 Å². The van der Waals surface area contributed by atoms with Gasteiger partial charge in [0.15, 0.2) is 6.10 Å². The third kappa shape index (κ3) is 11.9. The van der Waals surface area contributed by atoms with E-state index in [0.29, 0.717) is 11.1 Å². The first-order valence-electron chi connectivity index (χ1n) is 14.8. The molecule has 1 aliphatic rings. The number of nitrogens with zero attached hydrogens (tertiary/aromatic N) is 1. The fraction of sp³-hybridized carbons (Fsp3) is 0.484. The van der Waals surface area contributed by atoms with E-state index in [1.165, 1.54) is 4.90 Å². The normalized spacial score (nSPS) is 18.6. The minimum atomic E-state index is -4.03. The van der Waals surface area contributed by atoms with E-state index in [-0.39, 0.29) is 26.0 Å². The first-order valence-corrected chi connectivity index (χ1v) is 16.9. The van der Waals surface area contributed by atoms with Crippen molar-refractivity contribution in [1.82, 2.24) is 20.9 Å². The molecule has 15 heteroatoms. The number of aliphatic hydroxyl groups is 1. The molecule has 5 atom stereocenters. The summed E-state index contributed by atoms with van der Waals surface area (Å²) in [5.74, 6) is -2.78. The van der Waals surface area contributed by atoms with E-state index in [0.717, 1.165) is 0 Å². The number of alkyl halides is 1. The van der Waals surface area contributed by atoms with Crippen molar-refractivity contribution in [2.45, 2.75) is 81.8 Å². The number of hydrogen-bond acceptors (Lipinski definition) is 8. The molecule has 1 aliphatic heterocycles. The maximum absolute atomic E-state index is 13.7. The Morgan fingerprint density at radius 2 is 1.61 bits per heavy atom. The van der Waals surface area contributed by atoms with Crippen molar-refractivity contribution in [3.05, 3.63) is 71.8 Å². The van der Waals surface area contributed by atoms with Gasteiger partial charge in [0.25, 0.3) is 5.91 Å². The Kier molecular flexibility index (Phi) is 12.9. The van der Waals surface area contributed by atoms with Gasteiger partial charge < -0.3 is 30.7 Å². The number of amides is 4. The Bertz CT molecular complexity index is 1460. The molecule has 46 heavy (non-hydrogen) atoms. The number of carbonyl (C=O) groups is 4. The van der Waals surface area contributed by atoms with Gasteiger partial charge in [-0.05, 0) is 51.2 Å². The van der Waals surface area contributed by atoms with Crippen molar-refractivity contribution in [2.75, 3.05) is 12.3 Å². The maximum Gasteiger partial charge on any atom is 0.408 e. The highest BCUT2D eigenvalue weighted by Crippen LogP contribution is 2.25. The van der Waals surface area contributed by atoms with Gasteiger partial charge in [0.05, 0.1) is 17.2 Å². The van der Waals surface area contributed by atoms with Gasteiger partial charge in [0.2, 0.25) is 21.8 Å². The first kappa shape index (κ1) is 36.7. The van der Waals surface area contributed by atoms with E-state index in [1.54, 1.807) is 81.4 Å². The number of hydrogen-bond donors (Lipinski definition) is 5. The number of nitrogens with two attached hydrogens (primary N) is 1. The van der Waals surface area contributed by atoms with E-state index in [2.05, 4.69) is 16.0 Å². The van der Waals surface area contributed by atoms with Crippen molar-refractivity contribution in [1.29, 1.82) is 0 Å². The van der Waals surface area contributed by atoms with Crippen LogP contribution in [0.25, 0.3) is 0 Å². The molecule has 0 spiro atoms. The van der Waals surface area contributed by atoms with Crippen LogP contribution in [0.5, 0.6) is 0 Å². The second-order valence-corrected chi connectivity index (χ2v) is 14.6. The van der Waals surface area contributed by atoms with Crippen molar-refractivity contribution in [3.8, 4) is 0 Å². The lowest BCUT2D eigenvalue weighted by atomic mass is 9.99. The number of likely N-dealkylation sites (tertiary alicyclic amines) is 1. The van der Waals surface area contributed by atoms with Crippen LogP contribution in [0.2, 0.25) is 0 Å². The van der Waals surface area contributed by atoms with E-state index < -0.39 is 81.2 Å². The molecule has 2 aromatic carbocycles. The van der Waals surface area contributed by atoms with Crippen molar-refractivity contribution in [3.63, 3.8) is 0 Å². The van der Waals surface area contributed by atoms with Crippen molar-refractivity contribution < 1.29 is 37.4 Å². The van der Waals surface area contributed by atoms with E-state index in [1.807, 2.05) is 0 Å². The topological polar surface area (TPSA) is 197 Å². The summed E-state index contributed by atoms with van der Waals surface area (Å²) in [6.45, 7) is 5.27. The zero-order valence-corrected chi connectivity index (χ0v) is 27.6. The number of ether oxygens (including phenoxy) is 1. The molecular formula is C31H42ClN5O8S. The van der Waals surface area contributed by atoms with Crippen LogP contribution >= 0.6 is 11.6 Å². The number of nitrogens with one attached hydrogen (secondary N) is 3. The van der Waals surface area contributed by atoms with Gasteiger partial charge in [-0.1, -0.05) is 60.7 Å². The summed E-state index contributed by atoms with van der Waals surface area (Å²) in [5.41, 5.74) is 0.762. The van der Waals surface area contributed by atoms with Crippen LogP contribution in [-0.2, 0) is 42.2 Å². The standard InChI is InChI=1S/C31H42ClN5O8S/c1-31(2,3)36-28(40)25-17-22(32)18-37(25)29(41)26(38)24(16-20-10-6-4-7-11-20)34-27(39)23(14-15-46(33,43)44)35-30(42)45-19-21-12-8-5-9-13-21/h4-13,22-26,38H,14-19H2,1-3H3,(H,34,39)(H,35,42)(H,36,40)(H2,33,43,44)/t22-,23-,24-,25-,26-/m0/s1. The fourth-order valence-electron chi connectivity index (χ4n) is 4.92. The lowest BCUT2D eigenvalue weighted by Gasteiger charge is -2.32. The van der Waals surface area contributed by atoms with Gasteiger partial charge in [-0.15, -0.1) is 11.6 Å². The molecule has 0 aromatic heterocycles. The summed E-state index contributed by atoms with van der Waals surface area (Å²) in [6.07, 6.45) is -3.09. The monoisotopic (exact) mass is 679 g/mol. The molecule has 1 heterocycles. The Morgan fingerprint density at radius 1 is 1.02 bits per heavy atom. The summed E-state index contributed by atoms with van der Waals surface area (Å²) >= 11 is 6.35. The zero-order chi connectivity index (χ0) is 34.1. The second kappa shape index (κ2) is 16.2. The maximum atomic E-state index is 13.7. The molecule has 0 radical (unpaired) electrons. The Balaban J connectivity index is 1.82. The number of primary sulfonamides is 1. The van der Waals surface area contributed by atoms with Crippen molar-refractivity contribution >= 4 is 45.4 Å². The molecule has 2 aromatic rings. The van der Waals surface area contributed by atoms with Gasteiger partial charge in [-0.2, -0.15) is 0 Å². The number of aliphatic hydroxyl groups excluding tert-OH is 1. The minimum Gasteiger partial charge on any atom is -0.445 e. The number of halogens is 1. The van der Waals surface area contributed by atoms with Gasteiger partial charge >= 0.3 is 6.09 Å². The highest BCUT2D eigenvalue weighted by Gasteiger charge is 2.43. The van der Waals surface area contributed by atoms with Gasteiger partial charge in [0, 0.05) is 12.1 Å². The van der Waals surface area contributed by atoms with Crippen LogP contribution in [0.1, 0.15) is 44.7 Å². The van der Waals surface area contributed by atoms with E-state index in [4.69, 9.17) is 21.5 Å². The molecule has 252 valence electrons. The summed E-state index contributed by atoms with van der Waals surface area (Å²) in [5, 5.41) is 23.8.